The number of nitrogens with zero attached hydrogens (tertiary/aromatic N) is 1. The number of hydrogen-bond donors (Lipinski definition) is 1. The fraction of sp³-hybridized carbons (Fsp3) is 0.667. The smallest absolute Gasteiger partial charge is 0.0482 e. The largest absolute Gasteiger partial charge is 0.382 e. The van der Waals surface area contributed by atoms with Crippen LogP contribution in [0.3, 0.4) is 0 Å². The summed E-state index contributed by atoms with van der Waals surface area (Å²) in [6, 6.07) is 9.27. The second-order valence-electron chi connectivity index (χ2n) is 6.92. The van der Waals surface area contributed by atoms with Gasteiger partial charge in [-0.2, -0.15) is 0 Å². The summed E-state index contributed by atoms with van der Waals surface area (Å²) in [5.74, 6) is 0. The Bertz CT molecular complexity index is 439. The first-order valence-electron chi connectivity index (χ1n) is 8.16. The van der Waals surface area contributed by atoms with E-state index in [1.54, 1.807) is 0 Å². The number of ether oxygens (including phenoxy) is 1. The van der Waals surface area contributed by atoms with Crippen molar-refractivity contribution in [2.45, 2.75) is 46.7 Å². The Morgan fingerprint density at radius 3 is 2.76 bits per heavy atom. The van der Waals surface area contributed by atoms with Crippen LogP contribution < -0.4 is 10.2 Å². The topological polar surface area (TPSA) is 24.5 Å². The first-order valence-corrected chi connectivity index (χ1v) is 8.16. The van der Waals surface area contributed by atoms with E-state index < -0.39 is 0 Å². The van der Waals surface area contributed by atoms with Gasteiger partial charge in [0.05, 0.1) is 0 Å². The zero-order valence-electron chi connectivity index (χ0n) is 14.0. The van der Waals surface area contributed by atoms with Gasteiger partial charge in [0.2, 0.25) is 0 Å². The molecule has 1 aliphatic heterocycles. The molecule has 0 saturated heterocycles. The molecule has 0 aliphatic carbocycles. The average molecular weight is 290 g/mol. The van der Waals surface area contributed by atoms with E-state index in [4.69, 9.17) is 4.74 Å². The molecule has 118 valence electrons. The lowest BCUT2D eigenvalue weighted by atomic mass is 9.86. The van der Waals surface area contributed by atoms with E-state index in [2.05, 4.69) is 62.2 Å². The minimum Gasteiger partial charge on any atom is -0.382 e. The van der Waals surface area contributed by atoms with E-state index in [0.717, 1.165) is 39.3 Å². The van der Waals surface area contributed by atoms with Gasteiger partial charge in [-0.1, -0.05) is 39.0 Å². The molecule has 1 N–H and O–H groups in total. The lowest BCUT2D eigenvalue weighted by Crippen LogP contribution is -2.46. The Hall–Kier alpha value is -1.06. The van der Waals surface area contributed by atoms with Gasteiger partial charge in [0.1, 0.15) is 0 Å². The number of para-hydroxylation sites is 1. The Balaban J connectivity index is 2.12. The molecule has 0 aromatic heterocycles. The standard InChI is InChI=1S/C18H30N2O/c1-5-21-12-8-11-20-14-17(18(2,3)4)19-13-15-9-6-7-10-16(15)20/h6-7,9-10,17,19H,5,8,11-14H2,1-4H3. The summed E-state index contributed by atoms with van der Waals surface area (Å²) >= 11 is 0. The highest BCUT2D eigenvalue weighted by molar-refractivity contribution is 5.54. The summed E-state index contributed by atoms with van der Waals surface area (Å²) < 4.78 is 5.50. The number of benzene rings is 1. The Kier molecular flexibility index (Phi) is 5.65. The molecule has 1 unspecified atom stereocenters. The summed E-state index contributed by atoms with van der Waals surface area (Å²) in [7, 11) is 0. The molecule has 2 rings (SSSR count). The summed E-state index contributed by atoms with van der Waals surface area (Å²) in [5.41, 5.74) is 3.05. The molecule has 0 saturated carbocycles. The SMILES string of the molecule is CCOCCCN1CC(C(C)(C)C)NCc2ccccc21. The van der Waals surface area contributed by atoms with E-state index in [1.807, 2.05) is 0 Å². The van der Waals surface area contributed by atoms with Gasteiger partial charge in [-0.25, -0.2) is 0 Å². The third-order valence-electron chi connectivity index (χ3n) is 4.24. The highest BCUT2D eigenvalue weighted by Crippen LogP contribution is 2.28. The highest BCUT2D eigenvalue weighted by Gasteiger charge is 2.29. The maximum absolute atomic E-state index is 5.50. The maximum Gasteiger partial charge on any atom is 0.0482 e. The molecule has 0 spiro atoms. The fourth-order valence-electron chi connectivity index (χ4n) is 2.88. The number of anilines is 1. The number of nitrogens with one attached hydrogen (secondary N) is 1. The minimum absolute atomic E-state index is 0.264. The quantitative estimate of drug-likeness (QED) is 0.841. The average Bonchev–Trinajstić information content (AvgIpc) is 2.63. The van der Waals surface area contributed by atoms with Crippen LogP contribution in [0.5, 0.6) is 0 Å². The van der Waals surface area contributed by atoms with Crippen molar-refractivity contribution in [1.29, 1.82) is 0 Å². The lowest BCUT2D eigenvalue weighted by Gasteiger charge is -2.35. The summed E-state index contributed by atoms with van der Waals surface area (Å²) in [6.45, 7) is 13.8. The van der Waals surface area contributed by atoms with Gasteiger partial charge >= 0.3 is 0 Å². The molecule has 1 aromatic rings. The van der Waals surface area contributed by atoms with Crippen LogP contribution in [0, 0.1) is 5.41 Å². The van der Waals surface area contributed by atoms with Crippen LogP contribution in [0.4, 0.5) is 5.69 Å². The lowest BCUT2D eigenvalue weighted by molar-refractivity contribution is 0.145. The highest BCUT2D eigenvalue weighted by atomic mass is 16.5. The van der Waals surface area contributed by atoms with Crippen LogP contribution in [-0.2, 0) is 11.3 Å². The molecule has 0 amide bonds. The van der Waals surface area contributed by atoms with Crippen LogP contribution in [0.15, 0.2) is 24.3 Å². The molecule has 1 heterocycles. The Morgan fingerprint density at radius 1 is 1.29 bits per heavy atom. The predicted molar refractivity (Wildman–Crippen MR) is 89.8 cm³/mol. The monoisotopic (exact) mass is 290 g/mol. The zero-order chi connectivity index (χ0) is 15.3. The van der Waals surface area contributed by atoms with Crippen LogP contribution in [0.25, 0.3) is 0 Å². The Morgan fingerprint density at radius 2 is 2.05 bits per heavy atom. The summed E-state index contributed by atoms with van der Waals surface area (Å²) in [5, 5.41) is 3.74. The maximum atomic E-state index is 5.50. The Labute approximate surface area is 129 Å². The predicted octanol–water partition coefficient (Wildman–Crippen LogP) is 3.44. The number of rotatable bonds is 5. The van der Waals surface area contributed by atoms with Gasteiger partial charge in [0, 0.05) is 44.6 Å². The summed E-state index contributed by atoms with van der Waals surface area (Å²) in [4.78, 5) is 2.53. The van der Waals surface area contributed by atoms with E-state index in [0.29, 0.717) is 6.04 Å². The minimum atomic E-state index is 0.264. The van der Waals surface area contributed by atoms with Crippen molar-refractivity contribution in [2.75, 3.05) is 31.2 Å². The van der Waals surface area contributed by atoms with Gasteiger partial charge in [0.25, 0.3) is 0 Å². The van der Waals surface area contributed by atoms with E-state index in [-0.39, 0.29) is 5.41 Å². The van der Waals surface area contributed by atoms with E-state index >= 15 is 0 Å². The second-order valence-corrected chi connectivity index (χ2v) is 6.92. The molecule has 1 atom stereocenters. The number of hydrogen-bond acceptors (Lipinski definition) is 3. The molecule has 0 bridgehead atoms. The first-order chi connectivity index (χ1) is 10.0. The van der Waals surface area contributed by atoms with Crippen LogP contribution in [-0.4, -0.2) is 32.3 Å². The van der Waals surface area contributed by atoms with Crippen molar-refractivity contribution in [3.05, 3.63) is 29.8 Å². The van der Waals surface area contributed by atoms with Crippen molar-refractivity contribution in [3.8, 4) is 0 Å². The molecule has 3 nitrogen and oxygen atoms in total. The molecular weight excluding hydrogens is 260 g/mol. The van der Waals surface area contributed by atoms with Gasteiger partial charge in [-0.15, -0.1) is 0 Å². The molecular formula is C18H30N2O. The molecule has 3 heteroatoms. The van der Waals surface area contributed by atoms with Gasteiger partial charge in [-0.3, -0.25) is 0 Å². The van der Waals surface area contributed by atoms with Crippen molar-refractivity contribution in [1.82, 2.24) is 5.32 Å². The van der Waals surface area contributed by atoms with Crippen molar-refractivity contribution < 1.29 is 4.74 Å². The summed E-state index contributed by atoms with van der Waals surface area (Å²) in [6.07, 6.45) is 1.08. The van der Waals surface area contributed by atoms with Gasteiger partial charge in [0.15, 0.2) is 0 Å². The third-order valence-corrected chi connectivity index (χ3v) is 4.24. The van der Waals surface area contributed by atoms with Crippen molar-refractivity contribution >= 4 is 5.69 Å². The molecule has 1 aliphatic rings. The molecule has 21 heavy (non-hydrogen) atoms. The van der Waals surface area contributed by atoms with Crippen LogP contribution in [0.1, 0.15) is 39.7 Å². The van der Waals surface area contributed by atoms with E-state index in [1.165, 1.54) is 11.3 Å². The number of fused-ring (bicyclic) bond motifs is 1. The van der Waals surface area contributed by atoms with E-state index in [9.17, 15) is 0 Å². The van der Waals surface area contributed by atoms with Crippen molar-refractivity contribution in [2.24, 2.45) is 5.41 Å². The second kappa shape index (κ2) is 7.28. The third kappa shape index (κ3) is 4.45. The molecule has 0 radical (unpaired) electrons. The normalized spacial score (nSPS) is 19.2. The molecule has 1 aromatic carbocycles. The van der Waals surface area contributed by atoms with Crippen LogP contribution in [0.2, 0.25) is 0 Å². The zero-order valence-corrected chi connectivity index (χ0v) is 14.0. The fourth-order valence-corrected chi connectivity index (χ4v) is 2.88. The van der Waals surface area contributed by atoms with Gasteiger partial charge < -0.3 is 15.0 Å². The first kappa shape index (κ1) is 16.3. The van der Waals surface area contributed by atoms with Crippen LogP contribution >= 0.6 is 0 Å². The van der Waals surface area contributed by atoms with Gasteiger partial charge in [-0.05, 0) is 30.4 Å². The molecule has 0 fully saturated rings. The van der Waals surface area contributed by atoms with Crippen molar-refractivity contribution in [3.63, 3.8) is 0 Å².